The first-order valence-electron chi connectivity index (χ1n) is 7.10. The predicted molar refractivity (Wildman–Crippen MR) is 86.9 cm³/mol. The van der Waals surface area contributed by atoms with Gasteiger partial charge >= 0.3 is 5.97 Å². The summed E-state index contributed by atoms with van der Waals surface area (Å²) in [6.07, 6.45) is 0.985. The van der Waals surface area contributed by atoms with Crippen LogP contribution in [0.25, 0.3) is 11.4 Å². The predicted octanol–water partition coefficient (Wildman–Crippen LogP) is 1.42. The van der Waals surface area contributed by atoms with Crippen molar-refractivity contribution in [2.75, 3.05) is 19.4 Å². The van der Waals surface area contributed by atoms with Crippen LogP contribution in [-0.2, 0) is 20.7 Å². The molecule has 0 radical (unpaired) electrons. The third-order valence-electron chi connectivity index (χ3n) is 3.09. The summed E-state index contributed by atoms with van der Waals surface area (Å²) in [5, 5.41) is 9.86. The van der Waals surface area contributed by atoms with Crippen molar-refractivity contribution in [3.05, 3.63) is 29.8 Å². The summed E-state index contributed by atoms with van der Waals surface area (Å²) in [5.41, 5.74) is 2.20. The van der Waals surface area contributed by atoms with E-state index in [0.717, 1.165) is 12.0 Å². The number of methoxy groups -OCH3 is 1. The normalized spacial score (nSPS) is 10.3. The van der Waals surface area contributed by atoms with Crippen molar-refractivity contribution in [1.82, 2.24) is 20.5 Å². The summed E-state index contributed by atoms with van der Waals surface area (Å²) < 4.78 is 4.44. The summed E-state index contributed by atoms with van der Waals surface area (Å²) in [5.74, 6) is 0.0199. The van der Waals surface area contributed by atoms with Crippen LogP contribution in [-0.4, -0.2) is 46.5 Å². The van der Waals surface area contributed by atoms with Crippen LogP contribution in [0, 0.1) is 0 Å². The Morgan fingerprint density at radius 1 is 1.30 bits per heavy atom. The van der Waals surface area contributed by atoms with Gasteiger partial charge in [0.1, 0.15) is 6.54 Å². The van der Waals surface area contributed by atoms with Gasteiger partial charge in [0.25, 0.3) is 0 Å². The summed E-state index contributed by atoms with van der Waals surface area (Å²) in [4.78, 5) is 26.8. The molecule has 0 bridgehead atoms. The topological polar surface area (TPSA) is 97.0 Å². The molecule has 8 heteroatoms. The van der Waals surface area contributed by atoms with E-state index in [0.29, 0.717) is 11.0 Å². The average Bonchev–Trinajstić information content (AvgIpc) is 3.06. The lowest BCUT2D eigenvalue weighted by atomic mass is 10.1. The maximum Gasteiger partial charge on any atom is 0.325 e. The average molecular weight is 334 g/mol. The molecule has 0 aliphatic rings. The smallest absolute Gasteiger partial charge is 0.325 e. The van der Waals surface area contributed by atoms with E-state index >= 15 is 0 Å². The highest BCUT2D eigenvalue weighted by molar-refractivity contribution is 7.99. The lowest BCUT2D eigenvalue weighted by Crippen LogP contribution is -2.31. The zero-order valence-electron chi connectivity index (χ0n) is 13.0. The highest BCUT2D eigenvalue weighted by Crippen LogP contribution is 2.19. The van der Waals surface area contributed by atoms with E-state index < -0.39 is 5.97 Å². The number of H-pyrrole nitrogens is 1. The Balaban J connectivity index is 1.86. The fourth-order valence-corrected chi connectivity index (χ4v) is 2.39. The molecular formula is C15H18N4O3S. The minimum atomic E-state index is -0.487. The Hall–Kier alpha value is -2.35. The van der Waals surface area contributed by atoms with Crippen molar-refractivity contribution in [3.8, 4) is 11.4 Å². The molecule has 0 saturated heterocycles. The van der Waals surface area contributed by atoms with Gasteiger partial charge in [0.15, 0.2) is 5.82 Å². The second-order valence-electron chi connectivity index (χ2n) is 4.66. The molecule has 0 saturated carbocycles. The number of carbonyl (C=O) groups is 2. The SMILES string of the molecule is CCc1ccc(-c2nc(SCC(=O)NCC(=O)OC)n[nH]2)cc1. The van der Waals surface area contributed by atoms with Gasteiger partial charge in [-0.15, -0.1) is 5.10 Å². The summed E-state index contributed by atoms with van der Waals surface area (Å²) in [6, 6.07) is 8.06. The Morgan fingerprint density at radius 2 is 2.04 bits per heavy atom. The van der Waals surface area contributed by atoms with Crippen molar-refractivity contribution >= 4 is 23.6 Å². The van der Waals surface area contributed by atoms with Crippen LogP contribution >= 0.6 is 11.8 Å². The van der Waals surface area contributed by atoms with Gasteiger partial charge in [0, 0.05) is 5.56 Å². The maximum atomic E-state index is 11.6. The molecule has 1 aromatic heterocycles. The van der Waals surface area contributed by atoms with Crippen LogP contribution in [0.15, 0.2) is 29.4 Å². The molecule has 0 aliphatic carbocycles. The number of benzene rings is 1. The van der Waals surface area contributed by atoms with Crippen LogP contribution in [0.2, 0.25) is 0 Å². The highest BCUT2D eigenvalue weighted by atomic mass is 32.2. The van der Waals surface area contributed by atoms with E-state index in [4.69, 9.17) is 0 Å². The number of hydrogen-bond donors (Lipinski definition) is 2. The van der Waals surface area contributed by atoms with Crippen molar-refractivity contribution in [2.24, 2.45) is 0 Å². The number of amides is 1. The van der Waals surface area contributed by atoms with Gasteiger partial charge in [-0.05, 0) is 12.0 Å². The molecule has 7 nitrogen and oxygen atoms in total. The minimum absolute atomic E-state index is 0.128. The molecular weight excluding hydrogens is 316 g/mol. The number of aryl methyl sites for hydroxylation is 1. The number of carbonyl (C=O) groups excluding carboxylic acids is 2. The third-order valence-corrected chi connectivity index (χ3v) is 3.94. The molecule has 0 unspecified atom stereocenters. The van der Waals surface area contributed by atoms with E-state index in [1.165, 1.54) is 24.4 Å². The van der Waals surface area contributed by atoms with Gasteiger partial charge in [0.05, 0.1) is 12.9 Å². The van der Waals surface area contributed by atoms with Gasteiger partial charge in [-0.2, -0.15) is 0 Å². The molecule has 0 spiro atoms. The fraction of sp³-hybridized carbons (Fsp3) is 0.333. The molecule has 1 aromatic carbocycles. The molecule has 0 atom stereocenters. The summed E-state index contributed by atoms with van der Waals surface area (Å²) >= 11 is 1.19. The number of hydrogen-bond acceptors (Lipinski definition) is 6. The van der Waals surface area contributed by atoms with E-state index in [-0.39, 0.29) is 18.2 Å². The second kappa shape index (κ2) is 8.33. The lowest BCUT2D eigenvalue weighted by Gasteiger charge is -2.01. The molecule has 23 heavy (non-hydrogen) atoms. The largest absolute Gasteiger partial charge is 0.468 e. The maximum absolute atomic E-state index is 11.6. The molecule has 122 valence electrons. The summed E-state index contributed by atoms with van der Waals surface area (Å²) in [6.45, 7) is 1.96. The van der Waals surface area contributed by atoms with Crippen molar-refractivity contribution in [1.29, 1.82) is 0 Å². The number of aromatic nitrogens is 3. The quantitative estimate of drug-likeness (QED) is 0.587. The van der Waals surface area contributed by atoms with Crippen molar-refractivity contribution in [2.45, 2.75) is 18.5 Å². The van der Waals surface area contributed by atoms with Crippen LogP contribution in [0.1, 0.15) is 12.5 Å². The zero-order valence-corrected chi connectivity index (χ0v) is 13.8. The Bertz CT molecular complexity index is 670. The van der Waals surface area contributed by atoms with Gasteiger partial charge in [0.2, 0.25) is 11.1 Å². The number of nitrogens with zero attached hydrogens (tertiary/aromatic N) is 2. The lowest BCUT2D eigenvalue weighted by molar-refractivity contribution is -0.140. The number of rotatable bonds is 7. The van der Waals surface area contributed by atoms with E-state index in [1.807, 2.05) is 24.3 Å². The van der Waals surface area contributed by atoms with E-state index in [9.17, 15) is 9.59 Å². The molecule has 1 amide bonds. The van der Waals surface area contributed by atoms with Crippen LogP contribution in [0.5, 0.6) is 0 Å². The second-order valence-corrected chi connectivity index (χ2v) is 5.60. The Morgan fingerprint density at radius 3 is 2.70 bits per heavy atom. The first-order valence-corrected chi connectivity index (χ1v) is 8.09. The highest BCUT2D eigenvalue weighted by Gasteiger charge is 2.10. The van der Waals surface area contributed by atoms with Crippen LogP contribution in [0.3, 0.4) is 0 Å². The molecule has 0 fully saturated rings. The fourth-order valence-electron chi connectivity index (χ4n) is 1.76. The van der Waals surface area contributed by atoms with Gasteiger partial charge < -0.3 is 10.1 Å². The first kappa shape index (κ1) is 17.0. The molecule has 2 N–H and O–H groups in total. The number of aromatic amines is 1. The van der Waals surface area contributed by atoms with Crippen molar-refractivity contribution in [3.63, 3.8) is 0 Å². The number of nitrogens with one attached hydrogen (secondary N) is 2. The van der Waals surface area contributed by atoms with Crippen LogP contribution < -0.4 is 5.32 Å². The monoisotopic (exact) mass is 334 g/mol. The van der Waals surface area contributed by atoms with Gasteiger partial charge in [-0.3, -0.25) is 14.7 Å². The Kier molecular flexibility index (Phi) is 6.16. The molecule has 2 rings (SSSR count). The molecule has 2 aromatic rings. The number of thioether (sulfide) groups is 1. The number of esters is 1. The Labute approximate surface area is 138 Å². The van der Waals surface area contributed by atoms with Crippen molar-refractivity contribution < 1.29 is 14.3 Å². The van der Waals surface area contributed by atoms with Crippen LogP contribution in [0.4, 0.5) is 0 Å². The zero-order chi connectivity index (χ0) is 16.7. The minimum Gasteiger partial charge on any atom is -0.468 e. The van der Waals surface area contributed by atoms with E-state index in [1.54, 1.807) is 0 Å². The summed E-state index contributed by atoms with van der Waals surface area (Å²) in [7, 11) is 1.27. The third kappa shape index (κ3) is 5.10. The number of ether oxygens (including phenoxy) is 1. The first-order chi connectivity index (χ1) is 11.1. The van der Waals surface area contributed by atoms with Gasteiger partial charge in [-0.1, -0.05) is 43.0 Å². The molecule has 0 aliphatic heterocycles. The molecule has 1 heterocycles. The standard InChI is InChI=1S/C15H18N4O3S/c1-3-10-4-6-11(7-5-10)14-17-15(19-18-14)23-9-12(20)16-8-13(21)22-2/h4-7H,3,8-9H2,1-2H3,(H,16,20)(H,17,18,19). The van der Waals surface area contributed by atoms with Gasteiger partial charge in [-0.25, -0.2) is 4.98 Å². The van der Waals surface area contributed by atoms with E-state index in [2.05, 4.69) is 32.2 Å².